The molecule has 0 unspecified atom stereocenters. The standard InChI is InChI=1S/C9H10FN/c1-6-7-3-2-4-8(7)9(10)5-11-6/h5H,2-4H2,1H3. The lowest BCUT2D eigenvalue weighted by atomic mass is 10.1. The van der Waals surface area contributed by atoms with Crippen LogP contribution in [0.4, 0.5) is 4.39 Å². The molecular formula is C9H10FN. The van der Waals surface area contributed by atoms with Crippen LogP contribution in [0.25, 0.3) is 0 Å². The Labute approximate surface area is 65.3 Å². The lowest BCUT2D eigenvalue weighted by Crippen LogP contribution is -1.94. The van der Waals surface area contributed by atoms with Gasteiger partial charge in [0.1, 0.15) is 5.82 Å². The van der Waals surface area contributed by atoms with Crippen LogP contribution in [-0.2, 0) is 12.8 Å². The van der Waals surface area contributed by atoms with Gasteiger partial charge in [0.05, 0.1) is 6.20 Å². The van der Waals surface area contributed by atoms with Gasteiger partial charge in [0.15, 0.2) is 0 Å². The summed E-state index contributed by atoms with van der Waals surface area (Å²) in [6.07, 6.45) is 4.31. The van der Waals surface area contributed by atoms with Crippen molar-refractivity contribution in [2.75, 3.05) is 0 Å². The smallest absolute Gasteiger partial charge is 0.144 e. The number of hydrogen-bond acceptors (Lipinski definition) is 1. The minimum Gasteiger partial charge on any atom is -0.258 e. The van der Waals surface area contributed by atoms with Gasteiger partial charge in [-0.25, -0.2) is 4.39 Å². The minimum atomic E-state index is -0.122. The fourth-order valence-electron chi connectivity index (χ4n) is 1.72. The van der Waals surface area contributed by atoms with Crippen molar-refractivity contribution >= 4 is 0 Å². The van der Waals surface area contributed by atoms with Crippen molar-refractivity contribution in [1.29, 1.82) is 0 Å². The molecule has 0 saturated carbocycles. The van der Waals surface area contributed by atoms with Crippen LogP contribution >= 0.6 is 0 Å². The highest BCUT2D eigenvalue weighted by atomic mass is 19.1. The summed E-state index contributed by atoms with van der Waals surface area (Å²) in [7, 11) is 0. The molecule has 2 heteroatoms. The van der Waals surface area contributed by atoms with E-state index in [1.165, 1.54) is 6.20 Å². The number of rotatable bonds is 0. The average Bonchev–Trinajstić information content (AvgIpc) is 2.45. The van der Waals surface area contributed by atoms with Gasteiger partial charge in [-0.2, -0.15) is 0 Å². The van der Waals surface area contributed by atoms with Crippen LogP contribution < -0.4 is 0 Å². The minimum absolute atomic E-state index is 0.122. The highest BCUT2D eigenvalue weighted by Gasteiger charge is 2.17. The summed E-state index contributed by atoms with van der Waals surface area (Å²) in [5.74, 6) is -0.122. The molecule has 58 valence electrons. The van der Waals surface area contributed by atoms with Crippen molar-refractivity contribution in [3.05, 3.63) is 28.8 Å². The first-order valence-electron chi connectivity index (χ1n) is 3.92. The summed E-state index contributed by atoms with van der Waals surface area (Å²) in [5, 5.41) is 0. The molecule has 0 amide bonds. The van der Waals surface area contributed by atoms with Gasteiger partial charge in [-0.15, -0.1) is 0 Å². The van der Waals surface area contributed by atoms with Crippen LogP contribution in [0, 0.1) is 12.7 Å². The molecule has 1 nitrogen and oxygen atoms in total. The lowest BCUT2D eigenvalue weighted by Gasteiger charge is -2.02. The van der Waals surface area contributed by atoms with Crippen molar-refractivity contribution in [2.45, 2.75) is 26.2 Å². The quantitative estimate of drug-likeness (QED) is 0.552. The third-order valence-electron chi connectivity index (χ3n) is 2.31. The summed E-state index contributed by atoms with van der Waals surface area (Å²) in [4.78, 5) is 3.98. The van der Waals surface area contributed by atoms with Crippen LogP contribution in [0.5, 0.6) is 0 Å². The third kappa shape index (κ3) is 0.934. The Balaban J connectivity index is 2.64. The average molecular weight is 151 g/mol. The molecule has 0 aliphatic heterocycles. The van der Waals surface area contributed by atoms with Gasteiger partial charge in [0.25, 0.3) is 0 Å². The van der Waals surface area contributed by atoms with E-state index in [9.17, 15) is 4.39 Å². The molecule has 0 radical (unpaired) electrons. The summed E-state index contributed by atoms with van der Waals surface area (Å²) < 4.78 is 13.0. The molecule has 0 spiro atoms. The van der Waals surface area contributed by atoms with E-state index < -0.39 is 0 Å². The van der Waals surface area contributed by atoms with Crippen LogP contribution in [0.15, 0.2) is 6.20 Å². The Hall–Kier alpha value is -0.920. The van der Waals surface area contributed by atoms with Crippen molar-refractivity contribution in [2.24, 2.45) is 0 Å². The first-order valence-corrected chi connectivity index (χ1v) is 3.92. The molecule has 1 heterocycles. The summed E-state index contributed by atoms with van der Waals surface area (Å²) in [6.45, 7) is 1.95. The monoisotopic (exact) mass is 151 g/mol. The lowest BCUT2D eigenvalue weighted by molar-refractivity contribution is 0.605. The van der Waals surface area contributed by atoms with Gasteiger partial charge in [0.2, 0.25) is 0 Å². The number of nitrogens with zero attached hydrogens (tertiary/aromatic N) is 1. The normalized spacial score (nSPS) is 15.1. The zero-order chi connectivity index (χ0) is 7.84. The maximum atomic E-state index is 13.0. The molecule has 0 bridgehead atoms. The Morgan fingerprint density at radius 1 is 1.36 bits per heavy atom. The number of fused-ring (bicyclic) bond motifs is 1. The van der Waals surface area contributed by atoms with Gasteiger partial charge < -0.3 is 0 Å². The fraction of sp³-hybridized carbons (Fsp3) is 0.444. The number of pyridine rings is 1. The number of halogens is 1. The predicted octanol–water partition coefficient (Wildman–Crippen LogP) is 2.02. The Kier molecular flexibility index (Phi) is 1.41. The molecule has 0 aromatic carbocycles. The van der Waals surface area contributed by atoms with Gasteiger partial charge in [-0.05, 0) is 37.3 Å². The molecule has 1 aromatic heterocycles. The molecule has 0 fully saturated rings. The molecule has 11 heavy (non-hydrogen) atoms. The van der Waals surface area contributed by atoms with Gasteiger partial charge in [-0.1, -0.05) is 0 Å². The van der Waals surface area contributed by atoms with Crippen molar-refractivity contribution < 1.29 is 4.39 Å². The molecular weight excluding hydrogens is 141 g/mol. The van der Waals surface area contributed by atoms with Crippen LogP contribution in [0.1, 0.15) is 23.2 Å². The predicted molar refractivity (Wildman–Crippen MR) is 41.0 cm³/mol. The van der Waals surface area contributed by atoms with E-state index in [-0.39, 0.29) is 5.82 Å². The van der Waals surface area contributed by atoms with Crippen LogP contribution in [0.2, 0.25) is 0 Å². The van der Waals surface area contributed by atoms with Crippen LogP contribution in [0.3, 0.4) is 0 Å². The van der Waals surface area contributed by atoms with Crippen molar-refractivity contribution in [1.82, 2.24) is 4.98 Å². The van der Waals surface area contributed by atoms with E-state index in [1.807, 2.05) is 6.92 Å². The maximum Gasteiger partial charge on any atom is 0.144 e. The molecule has 2 rings (SSSR count). The van der Waals surface area contributed by atoms with Crippen LogP contribution in [-0.4, -0.2) is 4.98 Å². The number of aromatic nitrogens is 1. The highest BCUT2D eigenvalue weighted by molar-refractivity contribution is 5.34. The first kappa shape index (κ1) is 6.77. The number of aryl methyl sites for hydroxylation is 1. The highest BCUT2D eigenvalue weighted by Crippen LogP contribution is 2.25. The molecule has 1 aliphatic carbocycles. The van der Waals surface area contributed by atoms with Crippen molar-refractivity contribution in [3.63, 3.8) is 0 Å². The van der Waals surface area contributed by atoms with E-state index in [0.29, 0.717) is 0 Å². The Morgan fingerprint density at radius 3 is 2.82 bits per heavy atom. The van der Waals surface area contributed by atoms with Gasteiger partial charge in [0, 0.05) is 5.69 Å². The largest absolute Gasteiger partial charge is 0.258 e. The van der Waals surface area contributed by atoms with Crippen molar-refractivity contribution in [3.8, 4) is 0 Å². The van der Waals surface area contributed by atoms with E-state index >= 15 is 0 Å². The second-order valence-electron chi connectivity index (χ2n) is 3.00. The zero-order valence-corrected chi connectivity index (χ0v) is 6.52. The Morgan fingerprint density at radius 2 is 2.09 bits per heavy atom. The first-order chi connectivity index (χ1) is 5.29. The fourth-order valence-corrected chi connectivity index (χ4v) is 1.72. The second kappa shape index (κ2) is 2.29. The van der Waals surface area contributed by atoms with Gasteiger partial charge >= 0.3 is 0 Å². The maximum absolute atomic E-state index is 13.0. The van der Waals surface area contributed by atoms with Gasteiger partial charge in [-0.3, -0.25) is 4.98 Å². The molecule has 0 atom stereocenters. The van der Waals surface area contributed by atoms with E-state index in [4.69, 9.17) is 0 Å². The SMILES string of the molecule is Cc1ncc(F)c2c1CCC2. The third-order valence-corrected chi connectivity index (χ3v) is 2.31. The topological polar surface area (TPSA) is 12.9 Å². The Bertz CT molecular complexity index is 265. The number of hydrogen-bond donors (Lipinski definition) is 0. The molecule has 0 N–H and O–H groups in total. The summed E-state index contributed by atoms with van der Waals surface area (Å²) in [5.41, 5.74) is 3.04. The molecule has 0 saturated heterocycles. The van der Waals surface area contributed by atoms with E-state index in [1.54, 1.807) is 0 Å². The summed E-state index contributed by atoms with van der Waals surface area (Å²) >= 11 is 0. The second-order valence-corrected chi connectivity index (χ2v) is 3.00. The molecule has 1 aromatic rings. The molecule has 1 aliphatic rings. The van der Waals surface area contributed by atoms with E-state index in [0.717, 1.165) is 36.1 Å². The van der Waals surface area contributed by atoms with E-state index in [2.05, 4.69) is 4.98 Å². The summed E-state index contributed by atoms with van der Waals surface area (Å²) in [6, 6.07) is 0. The zero-order valence-electron chi connectivity index (χ0n) is 6.52.